The van der Waals surface area contributed by atoms with Gasteiger partial charge in [-0.05, 0) is 49.8 Å². The first-order valence-electron chi connectivity index (χ1n) is 10.4. The molecule has 1 saturated carbocycles. The standard InChI is InChI=1S/C22H26N4O2S/c1-25-20-12-5-11-18(20)19(24-25)15-26(17-9-2-3-10-17)29(27,28)21-13-4-7-16-8-6-14-23-22(16)21/h4,6-8,13-14,17H,2-3,5,9-12,15H2,1H3. The number of aromatic nitrogens is 3. The Morgan fingerprint density at radius 3 is 2.72 bits per heavy atom. The van der Waals surface area contributed by atoms with Crippen molar-refractivity contribution in [1.29, 1.82) is 0 Å². The second-order valence-corrected chi connectivity index (χ2v) is 10.0. The predicted molar refractivity (Wildman–Crippen MR) is 112 cm³/mol. The van der Waals surface area contributed by atoms with E-state index in [1.807, 2.05) is 36.0 Å². The Morgan fingerprint density at radius 2 is 1.90 bits per heavy atom. The molecule has 3 aromatic rings. The molecule has 0 atom stereocenters. The third-order valence-corrected chi connectivity index (χ3v) is 8.35. The van der Waals surface area contributed by atoms with Crippen LogP contribution in [0.4, 0.5) is 0 Å². The van der Waals surface area contributed by atoms with Gasteiger partial charge in [0, 0.05) is 30.4 Å². The maximum absolute atomic E-state index is 13.9. The van der Waals surface area contributed by atoms with E-state index in [0.29, 0.717) is 17.0 Å². The molecule has 2 aliphatic rings. The maximum Gasteiger partial charge on any atom is 0.245 e. The van der Waals surface area contributed by atoms with Crippen molar-refractivity contribution in [3.05, 3.63) is 53.5 Å². The zero-order valence-electron chi connectivity index (χ0n) is 16.7. The Balaban J connectivity index is 1.60. The van der Waals surface area contributed by atoms with Crippen LogP contribution in [0.15, 0.2) is 41.4 Å². The number of hydrogen-bond donors (Lipinski definition) is 0. The Bertz CT molecular complexity index is 1160. The zero-order chi connectivity index (χ0) is 20.0. The van der Waals surface area contributed by atoms with Crippen LogP contribution >= 0.6 is 0 Å². The first-order chi connectivity index (χ1) is 14.1. The molecule has 0 unspecified atom stereocenters. The van der Waals surface area contributed by atoms with Gasteiger partial charge in [-0.2, -0.15) is 9.40 Å². The summed E-state index contributed by atoms with van der Waals surface area (Å²) in [6.45, 7) is 0.347. The molecule has 2 aromatic heterocycles. The summed E-state index contributed by atoms with van der Waals surface area (Å²) >= 11 is 0. The van der Waals surface area contributed by atoms with Crippen LogP contribution in [0, 0.1) is 0 Å². The lowest BCUT2D eigenvalue weighted by molar-refractivity contribution is 0.312. The van der Waals surface area contributed by atoms with Gasteiger partial charge in [-0.15, -0.1) is 0 Å². The number of aryl methyl sites for hydroxylation is 1. The van der Waals surface area contributed by atoms with Gasteiger partial charge < -0.3 is 0 Å². The summed E-state index contributed by atoms with van der Waals surface area (Å²) in [6, 6.07) is 9.18. The fraction of sp³-hybridized carbons (Fsp3) is 0.455. The van der Waals surface area contributed by atoms with E-state index in [-0.39, 0.29) is 6.04 Å². The van der Waals surface area contributed by atoms with Gasteiger partial charge in [-0.3, -0.25) is 9.67 Å². The van der Waals surface area contributed by atoms with Gasteiger partial charge in [-0.1, -0.05) is 31.0 Å². The molecule has 0 N–H and O–H groups in total. The predicted octanol–water partition coefficient (Wildman–Crippen LogP) is 3.59. The van der Waals surface area contributed by atoms with Crippen LogP contribution in [-0.2, 0) is 36.5 Å². The van der Waals surface area contributed by atoms with Gasteiger partial charge in [0.2, 0.25) is 10.0 Å². The van der Waals surface area contributed by atoms with E-state index < -0.39 is 10.0 Å². The summed E-state index contributed by atoms with van der Waals surface area (Å²) in [5.74, 6) is 0. The minimum Gasteiger partial charge on any atom is -0.272 e. The molecule has 0 aliphatic heterocycles. The van der Waals surface area contributed by atoms with Crippen molar-refractivity contribution in [2.75, 3.05) is 0 Å². The molecule has 1 fully saturated rings. The second-order valence-electron chi connectivity index (χ2n) is 8.17. The van der Waals surface area contributed by atoms with Crippen LogP contribution in [0.25, 0.3) is 10.9 Å². The monoisotopic (exact) mass is 410 g/mol. The summed E-state index contributed by atoms with van der Waals surface area (Å²) in [6.07, 6.45) is 8.77. The fourth-order valence-electron chi connectivity index (χ4n) is 4.99. The van der Waals surface area contributed by atoms with Crippen LogP contribution in [0.5, 0.6) is 0 Å². The average Bonchev–Trinajstić information content (AvgIpc) is 3.46. The summed E-state index contributed by atoms with van der Waals surface area (Å²) < 4.78 is 31.4. The molecular weight excluding hydrogens is 384 g/mol. The minimum atomic E-state index is -3.70. The van der Waals surface area contributed by atoms with E-state index in [1.165, 1.54) is 11.3 Å². The molecule has 2 aliphatic carbocycles. The lowest BCUT2D eigenvalue weighted by Gasteiger charge is -2.28. The number of benzene rings is 1. The van der Waals surface area contributed by atoms with Crippen molar-refractivity contribution < 1.29 is 8.42 Å². The van der Waals surface area contributed by atoms with Gasteiger partial charge in [0.15, 0.2) is 0 Å². The van der Waals surface area contributed by atoms with Gasteiger partial charge >= 0.3 is 0 Å². The highest BCUT2D eigenvalue weighted by Gasteiger charge is 2.36. The number of para-hydroxylation sites is 1. The highest BCUT2D eigenvalue weighted by Crippen LogP contribution is 2.34. The maximum atomic E-state index is 13.9. The Morgan fingerprint density at radius 1 is 1.10 bits per heavy atom. The van der Waals surface area contributed by atoms with Crippen LogP contribution in [0.2, 0.25) is 0 Å². The lowest BCUT2D eigenvalue weighted by Crippen LogP contribution is -2.38. The highest BCUT2D eigenvalue weighted by molar-refractivity contribution is 7.89. The van der Waals surface area contributed by atoms with E-state index in [4.69, 9.17) is 5.10 Å². The van der Waals surface area contributed by atoms with Crippen molar-refractivity contribution >= 4 is 20.9 Å². The first-order valence-corrected chi connectivity index (χ1v) is 11.9. The molecule has 7 heteroatoms. The number of sulfonamides is 1. The van der Waals surface area contributed by atoms with Crippen LogP contribution in [0.3, 0.4) is 0 Å². The van der Waals surface area contributed by atoms with E-state index in [0.717, 1.165) is 56.0 Å². The van der Waals surface area contributed by atoms with Crippen LogP contribution in [-0.4, -0.2) is 33.5 Å². The Labute approximate surface area is 171 Å². The Hall–Kier alpha value is -2.25. The topological polar surface area (TPSA) is 68.1 Å². The first kappa shape index (κ1) is 18.8. The molecule has 2 heterocycles. The van der Waals surface area contributed by atoms with E-state index >= 15 is 0 Å². The van der Waals surface area contributed by atoms with Crippen LogP contribution in [0.1, 0.15) is 49.1 Å². The fourth-order valence-corrected chi connectivity index (χ4v) is 6.80. The number of rotatable bonds is 5. The largest absolute Gasteiger partial charge is 0.272 e. The number of fused-ring (bicyclic) bond motifs is 2. The normalized spacial score (nSPS) is 17.4. The summed E-state index contributed by atoms with van der Waals surface area (Å²) in [5, 5.41) is 5.55. The molecule has 0 amide bonds. The number of pyridine rings is 1. The van der Waals surface area contributed by atoms with Gasteiger partial charge in [-0.25, -0.2) is 8.42 Å². The molecule has 6 nitrogen and oxygen atoms in total. The molecule has 152 valence electrons. The van der Waals surface area contributed by atoms with E-state index in [9.17, 15) is 8.42 Å². The van der Waals surface area contributed by atoms with Gasteiger partial charge in [0.1, 0.15) is 4.90 Å². The number of hydrogen-bond acceptors (Lipinski definition) is 4. The molecule has 1 aromatic carbocycles. The lowest BCUT2D eigenvalue weighted by atomic mass is 10.2. The zero-order valence-corrected chi connectivity index (χ0v) is 17.5. The van der Waals surface area contributed by atoms with Gasteiger partial charge in [0.25, 0.3) is 0 Å². The van der Waals surface area contributed by atoms with Crippen molar-refractivity contribution in [2.45, 2.75) is 62.4 Å². The van der Waals surface area contributed by atoms with Crippen LogP contribution < -0.4 is 0 Å². The quantitative estimate of drug-likeness (QED) is 0.645. The second kappa shape index (κ2) is 7.22. The van der Waals surface area contributed by atoms with E-state index in [1.54, 1.807) is 16.6 Å². The van der Waals surface area contributed by atoms with Crippen molar-refractivity contribution in [3.63, 3.8) is 0 Å². The van der Waals surface area contributed by atoms with Crippen molar-refractivity contribution in [3.8, 4) is 0 Å². The molecule has 0 radical (unpaired) electrons. The molecule has 29 heavy (non-hydrogen) atoms. The molecule has 5 rings (SSSR count). The molecule has 0 bridgehead atoms. The highest BCUT2D eigenvalue weighted by atomic mass is 32.2. The average molecular weight is 411 g/mol. The van der Waals surface area contributed by atoms with Crippen molar-refractivity contribution in [1.82, 2.24) is 19.1 Å². The SMILES string of the molecule is Cn1nc(CN(C2CCCC2)S(=O)(=O)c2cccc3cccnc23)c2c1CCC2. The molecular formula is C22H26N4O2S. The summed E-state index contributed by atoms with van der Waals surface area (Å²) in [7, 11) is -1.73. The summed E-state index contributed by atoms with van der Waals surface area (Å²) in [5.41, 5.74) is 3.98. The smallest absolute Gasteiger partial charge is 0.245 e. The van der Waals surface area contributed by atoms with E-state index in [2.05, 4.69) is 4.98 Å². The number of nitrogens with zero attached hydrogens (tertiary/aromatic N) is 4. The molecule has 0 spiro atoms. The third-order valence-electron chi connectivity index (χ3n) is 6.42. The van der Waals surface area contributed by atoms with Crippen molar-refractivity contribution in [2.24, 2.45) is 7.05 Å². The van der Waals surface area contributed by atoms with Gasteiger partial charge in [0.05, 0.1) is 17.8 Å². The summed E-state index contributed by atoms with van der Waals surface area (Å²) in [4.78, 5) is 4.70. The Kier molecular flexibility index (Phi) is 4.67. The minimum absolute atomic E-state index is 0.0260. The third kappa shape index (κ3) is 3.16. The molecule has 0 saturated heterocycles.